The van der Waals surface area contributed by atoms with E-state index in [9.17, 15) is 5.11 Å². The Hall–Kier alpha value is -2.69. The van der Waals surface area contributed by atoms with E-state index in [2.05, 4.69) is 48.0 Å². The molecule has 3 aromatic rings. The molecule has 2 aromatic carbocycles. The molecule has 0 radical (unpaired) electrons. The van der Waals surface area contributed by atoms with E-state index in [1.54, 1.807) is 12.4 Å². The van der Waals surface area contributed by atoms with Crippen LogP contribution in [-0.2, 0) is 13.1 Å². The molecule has 0 spiro atoms. The number of ether oxygens (including phenoxy) is 1. The van der Waals surface area contributed by atoms with E-state index >= 15 is 0 Å². The second kappa shape index (κ2) is 8.13. The van der Waals surface area contributed by atoms with E-state index in [0.717, 1.165) is 42.1 Å². The average Bonchev–Trinajstić information content (AvgIpc) is 2.92. The van der Waals surface area contributed by atoms with Crippen molar-refractivity contribution in [3.05, 3.63) is 94.3 Å². The SMILES string of the molecule is Cc1ccc(CN2CCOc3ccc([C@@H](O)c4cccnc4)cc3C2)cc1C. The molecule has 2 heterocycles. The van der Waals surface area contributed by atoms with E-state index in [1.807, 2.05) is 24.3 Å². The number of aliphatic hydroxyl groups excluding tert-OH is 1. The van der Waals surface area contributed by atoms with Crippen molar-refractivity contribution in [1.82, 2.24) is 9.88 Å². The van der Waals surface area contributed by atoms with Crippen LogP contribution in [0.1, 0.15) is 39.5 Å². The average molecular weight is 374 g/mol. The summed E-state index contributed by atoms with van der Waals surface area (Å²) in [6.07, 6.45) is 2.74. The van der Waals surface area contributed by atoms with Crippen LogP contribution in [0.5, 0.6) is 5.75 Å². The molecule has 1 aromatic heterocycles. The summed E-state index contributed by atoms with van der Waals surface area (Å²) in [5.74, 6) is 0.907. The van der Waals surface area contributed by atoms with Gasteiger partial charge in [0, 0.05) is 43.2 Å². The third kappa shape index (κ3) is 4.08. The van der Waals surface area contributed by atoms with Crippen LogP contribution in [-0.4, -0.2) is 28.1 Å². The first-order valence-corrected chi connectivity index (χ1v) is 9.72. The van der Waals surface area contributed by atoms with Crippen LogP contribution >= 0.6 is 0 Å². The molecule has 0 saturated heterocycles. The summed E-state index contributed by atoms with van der Waals surface area (Å²) in [7, 11) is 0. The zero-order valence-electron chi connectivity index (χ0n) is 16.4. The van der Waals surface area contributed by atoms with Gasteiger partial charge < -0.3 is 9.84 Å². The molecule has 28 heavy (non-hydrogen) atoms. The molecule has 1 N–H and O–H groups in total. The summed E-state index contributed by atoms with van der Waals surface area (Å²) in [6, 6.07) is 16.4. The van der Waals surface area contributed by atoms with E-state index in [0.29, 0.717) is 6.61 Å². The summed E-state index contributed by atoms with van der Waals surface area (Å²) in [6.45, 7) is 7.54. The molecular weight excluding hydrogens is 348 g/mol. The molecule has 0 aliphatic carbocycles. The van der Waals surface area contributed by atoms with Crippen molar-refractivity contribution in [2.24, 2.45) is 0 Å². The van der Waals surface area contributed by atoms with Gasteiger partial charge in [-0.2, -0.15) is 0 Å². The molecule has 0 bridgehead atoms. The van der Waals surface area contributed by atoms with Crippen molar-refractivity contribution in [2.75, 3.05) is 13.2 Å². The zero-order chi connectivity index (χ0) is 19.5. The van der Waals surface area contributed by atoms with Crippen molar-refractivity contribution in [2.45, 2.75) is 33.0 Å². The molecule has 4 nitrogen and oxygen atoms in total. The minimum Gasteiger partial charge on any atom is -0.492 e. The summed E-state index contributed by atoms with van der Waals surface area (Å²) in [5, 5.41) is 10.7. The van der Waals surface area contributed by atoms with E-state index in [-0.39, 0.29) is 0 Å². The standard InChI is InChI=1S/C24H26N2O2/c1-17-5-6-19(12-18(17)2)15-26-10-11-28-23-8-7-20(13-22(23)16-26)24(27)21-4-3-9-25-14-21/h3-9,12-14,24,27H,10-11,15-16H2,1-2H3/t24-/m1/s1. The van der Waals surface area contributed by atoms with E-state index < -0.39 is 6.10 Å². The number of rotatable bonds is 4. The lowest BCUT2D eigenvalue weighted by atomic mass is 10.00. The Morgan fingerprint density at radius 1 is 1.07 bits per heavy atom. The molecule has 0 saturated carbocycles. The summed E-state index contributed by atoms with van der Waals surface area (Å²) in [4.78, 5) is 6.51. The Kier molecular flexibility index (Phi) is 5.42. The largest absolute Gasteiger partial charge is 0.492 e. The lowest BCUT2D eigenvalue weighted by molar-refractivity contribution is 0.218. The van der Waals surface area contributed by atoms with Gasteiger partial charge in [-0.25, -0.2) is 0 Å². The summed E-state index contributed by atoms with van der Waals surface area (Å²) in [5.41, 5.74) is 6.74. The van der Waals surface area contributed by atoms with Crippen LogP contribution < -0.4 is 4.74 Å². The molecule has 1 aliphatic heterocycles. The predicted molar refractivity (Wildman–Crippen MR) is 110 cm³/mol. The molecule has 4 heteroatoms. The van der Waals surface area contributed by atoms with Crippen LogP contribution in [0.2, 0.25) is 0 Å². The summed E-state index contributed by atoms with van der Waals surface area (Å²) < 4.78 is 5.96. The number of hydrogen-bond donors (Lipinski definition) is 1. The Labute approximate surface area is 166 Å². The maximum Gasteiger partial charge on any atom is 0.123 e. The number of hydrogen-bond acceptors (Lipinski definition) is 4. The fraction of sp³-hybridized carbons (Fsp3) is 0.292. The third-order valence-electron chi connectivity index (χ3n) is 5.44. The number of pyridine rings is 1. The van der Waals surface area contributed by atoms with Crippen LogP contribution in [0, 0.1) is 13.8 Å². The van der Waals surface area contributed by atoms with Crippen molar-refractivity contribution in [3.63, 3.8) is 0 Å². The molecule has 144 valence electrons. The number of nitrogens with zero attached hydrogens (tertiary/aromatic N) is 2. The first-order valence-electron chi connectivity index (χ1n) is 9.72. The maximum atomic E-state index is 10.7. The van der Waals surface area contributed by atoms with Crippen molar-refractivity contribution < 1.29 is 9.84 Å². The normalized spacial score (nSPS) is 15.4. The van der Waals surface area contributed by atoms with Gasteiger partial charge in [-0.3, -0.25) is 9.88 Å². The molecule has 0 unspecified atom stereocenters. The predicted octanol–water partition coefficient (Wildman–Crippen LogP) is 4.17. The second-order valence-electron chi connectivity index (χ2n) is 7.53. The fourth-order valence-corrected chi connectivity index (χ4v) is 3.66. The van der Waals surface area contributed by atoms with Crippen LogP contribution in [0.4, 0.5) is 0 Å². The minimum atomic E-state index is -0.685. The van der Waals surface area contributed by atoms with Crippen molar-refractivity contribution in [1.29, 1.82) is 0 Å². The molecular formula is C24H26N2O2. The Bertz CT molecular complexity index is 956. The van der Waals surface area contributed by atoms with E-state index in [1.165, 1.54) is 16.7 Å². The highest BCUT2D eigenvalue weighted by molar-refractivity contribution is 5.41. The molecule has 1 aliphatic rings. The molecule has 4 rings (SSSR count). The number of fused-ring (bicyclic) bond motifs is 1. The van der Waals surface area contributed by atoms with Gasteiger partial charge in [0.2, 0.25) is 0 Å². The third-order valence-corrected chi connectivity index (χ3v) is 5.44. The minimum absolute atomic E-state index is 0.669. The van der Waals surface area contributed by atoms with Crippen LogP contribution in [0.25, 0.3) is 0 Å². The fourth-order valence-electron chi connectivity index (χ4n) is 3.66. The number of benzene rings is 2. The van der Waals surface area contributed by atoms with Crippen LogP contribution in [0.3, 0.4) is 0 Å². The Morgan fingerprint density at radius 2 is 1.96 bits per heavy atom. The number of aromatic nitrogens is 1. The highest BCUT2D eigenvalue weighted by atomic mass is 16.5. The van der Waals surface area contributed by atoms with Gasteiger partial charge in [0.15, 0.2) is 0 Å². The highest BCUT2D eigenvalue weighted by Crippen LogP contribution is 2.29. The van der Waals surface area contributed by atoms with Gasteiger partial charge in [0.05, 0.1) is 0 Å². The second-order valence-corrected chi connectivity index (χ2v) is 7.53. The van der Waals surface area contributed by atoms with Gasteiger partial charge in [-0.1, -0.05) is 30.3 Å². The Morgan fingerprint density at radius 3 is 2.75 bits per heavy atom. The number of aryl methyl sites for hydroxylation is 2. The molecule has 1 atom stereocenters. The number of aliphatic hydroxyl groups is 1. The van der Waals surface area contributed by atoms with E-state index in [4.69, 9.17) is 4.74 Å². The van der Waals surface area contributed by atoms with Gasteiger partial charge >= 0.3 is 0 Å². The van der Waals surface area contributed by atoms with Crippen LogP contribution in [0.15, 0.2) is 60.9 Å². The summed E-state index contributed by atoms with van der Waals surface area (Å²) >= 11 is 0. The highest BCUT2D eigenvalue weighted by Gasteiger charge is 2.19. The molecule has 0 amide bonds. The maximum absolute atomic E-state index is 10.7. The van der Waals surface area contributed by atoms with Gasteiger partial charge in [-0.05, 0) is 54.3 Å². The first kappa shape index (κ1) is 18.7. The Balaban J connectivity index is 1.55. The van der Waals surface area contributed by atoms with Crippen molar-refractivity contribution >= 4 is 0 Å². The smallest absolute Gasteiger partial charge is 0.123 e. The topological polar surface area (TPSA) is 45.6 Å². The lowest BCUT2D eigenvalue weighted by Crippen LogP contribution is -2.25. The van der Waals surface area contributed by atoms with Gasteiger partial charge in [-0.15, -0.1) is 0 Å². The first-order chi connectivity index (χ1) is 13.6. The quantitative estimate of drug-likeness (QED) is 0.744. The lowest BCUT2D eigenvalue weighted by Gasteiger charge is -2.20. The van der Waals surface area contributed by atoms with Gasteiger partial charge in [0.25, 0.3) is 0 Å². The zero-order valence-corrected chi connectivity index (χ0v) is 16.4. The van der Waals surface area contributed by atoms with Crippen molar-refractivity contribution in [3.8, 4) is 5.75 Å². The monoisotopic (exact) mass is 374 g/mol. The molecule has 0 fully saturated rings. The van der Waals surface area contributed by atoms with Gasteiger partial charge in [0.1, 0.15) is 18.5 Å².